The fourth-order valence-electron chi connectivity index (χ4n) is 3.95. The summed E-state index contributed by atoms with van der Waals surface area (Å²) in [4.78, 5) is 27.8. The molecule has 168 valence electrons. The maximum Gasteiger partial charge on any atom is 0.300 e. The fourth-order valence-corrected chi connectivity index (χ4v) is 4.20. The Balaban J connectivity index is 1.89. The second kappa shape index (κ2) is 9.24. The molecule has 4 rings (SSSR count). The lowest BCUT2D eigenvalue weighted by Gasteiger charge is -2.25. The van der Waals surface area contributed by atoms with E-state index in [-0.39, 0.29) is 17.4 Å². The molecule has 0 bridgehead atoms. The molecular formula is C27H24BrNO4. The van der Waals surface area contributed by atoms with Crippen molar-refractivity contribution >= 4 is 39.1 Å². The summed E-state index contributed by atoms with van der Waals surface area (Å²) in [5.41, 5.74) is 2.72. The number of nitrogens with zero attached hydrogens (tertiary/aromatic N) is 1. The van der Waals surface area contributed by atoms with Gasteiger partial charge in [0.2, 0.25) is 0 Å². The lowest BCUT2D eigenvalue weighted by molar-refractivity contribution is -0.132. The van der Waals surface area contributed by atoms with Gasteiger partial charge in [0.25, 0.3) is 11.7 Å². The fraction of sp³-hybridized carbons (Fsp3) is 0.185. The van der Waals surface area contributed by atoms with Crippen molar-refractivity contribution < 1.29 is 19.4 Å². The van der Waals surface area contributed by atoms with Gasteiger partial charge in [0.15, 0.2) is 0 Å². The van der Waals surface area contributed by atoms with Gasteiger partial charge in [-0.25, -0.2) is 0 Å². The average Bonchev–Trinajstić information content (AvgIpc) is 3.06. The standard InChI is InChI=1S/C27H24BrNO4/c1-16(2)33-21-12-9-18(10-13-21)24-23(25(30)19-11-14-22(28)17(3)15-19)26(31)27(32)29(24)20-7-5-4-6-8-20/h4-16,24,30H,1-3H3/b25-23-. The summed E-state index contributed by atoms with van der Waals surface area (Å²) in [6.45, 7) is 5.78. The number of rotatable bonds is 5. The predicted octanol–water partition coefficient (Wildman–Crippen LogP) is 6.17. The zero-order valence-electron chi connectivity index (χ0n) is 18.6. The molecule has 33 heavy (non-hydrogen) atoms. The molecule has 1 atom stereocenters. The van der Waals surface area contributed by atoms with E-state index in [4.69, 9.17) is 4.74 Å². The number of ether oxygens (including phenoxy) is 1. The first-order chi connectivity index (χ1) is 15.8. The van der Waals surface area contributed by atoms with Crippen LogP contribution in [0.3, 0.4) is 0 Å². The SMILES string of the molecule is Cc1cc(/C(O)=C2/C(=O)C(=O)N(c3ccccc3)C2c2ccc(OC(C)C)cc2)ccc1Br. The molecule has 3 aromatic carbocycles. The number of aliphatic hydroxyl groups excluding tert-OH is 1. The summed E-state index contributed by atoms with van der Waals surface area (Å²) in [5, 5.41) is 11.2. The molecule has 6 heteroatoms. The van der Waals surface area contributed by atoms with Crippen molar-refractivity contribution in [3.05, 3.63) is 99.5 Å². The number of halogens is 1. The predicted molar refractivity (Wildman–Crippen MR) is 132 cm³/mol. The van der Waals surface area contributed by atoms with Gasteiger partial charge in [0.1, 0.15) is 11.5 Å². The summed E-state index contributed by atoms with van der Waals surface area (Å²) < 4.78 is 6.63. The lowest BCUT2D eigenvalue weighted by Crippen LogP contribution is -2.29. The van der Waals surface area contributed by atoms with Crippen molar-refractivity contribution in [2.24, 2.45) is 0 Å². The summed E-state index contributed by atoms with van der Waals surface area (Å²) >= 11 is 3.46. The van der Waals surface area contributed by atoms with Crippen LogP contribution in [0, 0.1) is 6.92 Å². The topological polar surface area (TPSA) is 66.8 Å². The number of para-hydroxylation sites is 1. The van der Waals surface area contributed by atoms with Crippen LogP contribution < -0.4 is 9.64 Å². The van der Waals surface area contributed by atoms with E-state index in [1.165, 1.54) is 4.90 Å². The zero-order valence-corrected chi connectivity index (χ0v) is 20.2. The summed E-state index contributed by atoms with van der Waals surface area (Å²) in [6, 6.07) is 20.8. The number of carbonyl (C=O) groups is 2. The summed E-state index contributed by atoms with van der Waals surface area (Å²) in [7, 11) is 0. The molecule has 0 aliphatic carbocycles. The third kappa shape index (κ3) is 4.44. The Morgan fingerprint density at radius 1 is 1.00 bits per heavy atom. The normalized spacial score (nSPS) is 17.6. The quantitative estimate of drug-likeness (QED) is 0.255. The van der Waals surface area contributed by atoms with Gasteiger partial charge >= 0.3 is 0 Å². The van der Waals surface area contributed by atoms with Crippen LogP contribution in [0.5, 0.6) is 5.75 Å². The number of anilines is 1. The van der Waals surface area contributed by atoms with Gasteiger partial charge in [-0.2, -0.15) is 0 Å². The first kappa shape index (κ1) is 22.8. The largest absolute Gasteiger partial charge is 0.507 e. The first-order valence-corrected chi connectivity index (χ1v) is 11.5. The lowest BCUT2D eigenvalue weighted by atomic mass is 9.94. The summed E-state index contributed by atoms with van der Waals surface area (Å²) in [5.74, 6) is -0.905. The van der Waals surface area contributed by atoms with Crippen LogP contribution in [-0.2, 0) is 9.59 Å². The highest BCUT2D eigenvalue weighted by atomic mass is 79.9. The van der Waals surface area contributed by atoms with Crippen LogP contribution in [-0.4, -0.2) is 22.9 Å². The minimum Gasteiger partial charge on any atom is -0.507 e. The van der Waals surface area contributed by atoms with E-state index in [2.05, 4.69) is 15.9 Å². The highest BCUT2D eigenvalue weighted by Gasteiger charge is 2.46. The number of hydrogen-bond donors (Lipinski definition) is 1. The van der Waals surface area contributed by atoms with Crippen LogP contribution >= 0.6 is 15.9 Å². The molecule has 1 aliphatic heterocycles. The molecule has 1 N–H and O–H groups in total. The van der Waals surface area contributed by atoms with E-state index in [0.29, 0.717) is 22.6 Å². The molecular weight excluding hydrogens is 482 g/mol. The second-order valence-corrected chi connectivity index (χ2v) is 9.06. The van der Waals surface area contributed by atoms with E-state index in [9.17, 15) is 14.7 Å². The van der Waals surface area contributed by atoms with Crippen molar-refractivity contribution in [3.8, 4) is 5.75 Å². The molecule has 3 aromatic rings. The molecule has 5 nitrogen and oxygen atoms in total. The third-order valence-electron chi connectivity index (χ3n) is 5.48. The molecule has 0 saturated carbocycles. The van der Waals surface area contributed by atoms with Gasteiger partial charge in [0.05, 0.1) is 17.7 Å². The number of ketones is 1. The van der Waals surface area contributed by atoms with Crippen molar-refractivity contribution in [1.82, 2.24) is 0 Å². The highest BCUT2D eigenvalue weighted by Crippen LogP contribution is 2.42. The second-order valence-electron chi connectivity index (χ2n) is 8.20. The van der Waals surface area contributed by atoms with Crippen LogP contribution in [0.25, 0.3) is 5.76 Å². The average molecular weight is 506 g/mol. The molecule has 0 radical (unpaired) electrons. The van der Waals surface area contributed by atoms with E-state index >= 15 is 0 Å². The van der Waals surface area contributed by atoms with Crippen molar-refractivity contribution in [3.63, 3.8) is 0 Å². The Bertz CT molecular complexity index is 1230. The first-order valence-electron chi connectivity index (χ1n) is 10.7. The van der Waals surface area contributed by atoms with Gasteiger partial charge in [0, 0.05) is 15.7 Å². The van der Waals surface area contributed by atoms with E-state index in [0.717, 1.165) is 10.0 Å². The van der Waals surface area contributed by atoms with Crippen LogP contribution in [0.1, 0.15) is 36.6 Å². The van der Waals surface area contributed by atoms with Crippen molar-refractivity contribution in [2.45, 2.75) is 32.9 Å². The van der Waals surface area contributed by atoms with E-state index in [1.54, 1.807) is 24.3 Å². The van der Waals surface area contributed by atoms with Crippen molar-refractivity contribution in [1.29, 1.82) is 0 Å². The Labute approximate surface area is 201 Å². The molecule has 1 heterocycles. The smallest absolute Gasteiger partial charge is 0.300 e. The number of carbonyl (C=O) groups excluding carboxylic acids is 2. The van der Waals surface area contributed by atoms with E-state index in [1.807, 2.05) is 69.3 Å². The zero-order chi connectivity index (χ0) is 23.7. The minimum atomic E-state index is -0.774. The molecule has 1 unspecified atom stereocenters. The molecule has 0 aromatic heterocycles. The van der Waals surface area contributed by atoms with Crippen LogP contribution in [0.2, 0.25) is 0 Å². The Morgan fingerprint density at radius 2 is 1.67 bits per heavy atom. The molecule has 0 spiro atoms. The molecule has 1 aliphatic rings. The van der Waals surface area contributed by atoms with E-state index < -0.39 is 17.7 Å². The summed E-state index contributed by atoms with van der Waals surface area (Å²) in [6.07, 6.45) is 0.0199. The Hall–Kier alpha value is -3.38. The van der Waals surface area contributed by atoms with Crippen LogP contribution in [0.4, 0.5) is 5.69 Å². The van der Waals surface area contributed by atoms with Gasteiger partial charge in [-0.15, -0.1) is 0 Å². The highest BCUT2D eigenvalue weighted by molar-refractivity contribution is 9.10. The Kier molecular flexibility index (Phi) is 6.38. The number of aryl methyl sites for hydroxylation is 1. The van der Waals surface area contributed by atoms with Gasteiger partial charge in [-0.05, 0) is 68.3 Å². The van der Waals surface area contributed by atoms with Crippen molar-refractivity contribution in [2.75, 3.05) is 4.90 Å². The molecule has 1 fully saturated rings. The van der Waals surface area contributed by atoms with Gasteiger partial charge in [-0.3, -0.25) is 14.5 Å². The number of aliphatic hydroxyl groups is 1. The Morgan fingerprint density at radius 3 is 2.27 bits per heavy atom. The number of Topliss-reactive ketones (excluding diaryl/α,β-unsaturated/α-hetero) is 1. The monoisotopic (exact) mass is 505 g/mol. The third-order valence-corrected chi connectivity index (χ3v) is 6.37. The molecule has 1 amide bonds. The van der Waals surface area contributed by atoms with Gasteiger partial charge < -0.3 is 9.84 Å². The maximum absolute atomic E-state index is 13.2. The number of benzene rings is 3. The number of hydrogen-bond acceptors (Lipinski definition) is 4. The number of amides is 1. The molecule has 1 saturated heterocycles. The van der Waals surface area contributed by atoms with Gasteiger partial charge in [-0.1, -0.05) is 52.3 Å². The maximum atomic E-state index is 13.2. The van der Waals surface area contributed by atoms with Crippen LogP contribution in [0.15, 0.2) is 82.8 Å². The minimum absolute atomic E-state index is 0.0199.